The molecule has 118 valence electrons. The van der Waals surface area contributed by atoms with Crippen LogP contribution < -0.4 is 4.90 Å². The Kier molecular flexibility index (Phi) is 5.15. The Labute approximate surface area is 147 Å². The van der Waals surface area contributed by atoms with Crippen LogP contribution in [0.15, 0.2) is 78.9 Å². The Morgan fingerprint density at radius 1 is 0.792 bits per heavy atom. The number of benzene rings is 3. The van der Waals surface area contributed by atoms with Crippen molar-refractivity contribution in [1.82, 2.24) is 0 Å². The van der Waals surface area contributed by atoms with Gasteiger partial charge in [0.1, 0.15) is 6.07 Å². The predicted octanol–water partition coefficient (Wildman–Crippen LogP) is 5.42. The number of nitriles is 1. The number of rotatable bonds is 5. The van der Waals surface area contributed by atoms with Gasteiger partial charge in [0.05, 0.1) is 10.6 Å². The molecule has 0 saturated heterocycles. The SMILES string of the molecule is N#Cc1ccc(N(Cc2ccccc2)Cc2ccccc2)cc1Cl. The average Bonchev–Trinajstić information content (AvgIpc) is 2.63. The van der Waals surface area contributed by atoms with E-state index in [-0.39, 0.29) is 0 Å². The normalized spacial score (nSPS) is 10.2. The third kappa shape index (κ3) is 3.95. The third-order valence-corrected chi connectivity index (χ3v) is 4.18. The summed E-state index contributed by atoms with van der Waals surface area (Å²) in [7, 11) is 0. The van der Waals surface area contributed by atoms with Gasteiger partial charge >= 0.3 is 0 Å². The lowest BCUT2D eigenvalue weighted by atomic mass is 10.1. The molecule has 0 aliphatic heterocycles. The first kappa shape index (κ1) is 16.1. The van der Waals surface area contributed by atoms with E-state index < -0.39 is 0 Å². The summed E-state index contributed by atoms with van der Waals surface area (Å²) in [6.07, 6.45) is 0. The highest BCUT2D eigenvalue weighted by molar-refractivity contribution is 6.32. The first-order valence-corrected chi connectivity index (χ1v) is 8.16. The summed E-state index contributed by atoms with van der Waals surface area (Å²) in [6.45, 7) is 1.55. The highest BCUT2D eigenvalue weighted by Gasteiger charge is 2.11. The highest BCUT2D eigenvalue weighted by Crippen LogP contribution is 2.26. The third-order valence-electron chi connectivity index (χ3n) is 3.87. The van der Waals surface area contributed by atoms with Crippen molar-refractivity contribution in [2.24, 2.45) is 0 Å². The summed E-state index contributed by atoms with van der Waals surface area (Å²) in [5.41, 5.74) is 3.97. The van der Waals surface area contributed by atoms with Crippen LogP contribution in [0.1, 0.15) is 16.7 Å². The lowest BCUT2D eigenvalue weighted by Gasteiger charge is -2.25. The number of anilines is 1. The first-order chi connectivity index (χ1) is 11.8. The van der Waals surface area contributed by atoms with E-state index in [1.165, 1.54) is 11.1 Å². The van der Waals surface area contributed by atoms with Crippen molar-refractivity contribution in [1.29, 1.82) is 5.26 Å². The molecule has 0 amide bonds. The second kappa shape index (κ2) is 7.68. The van der Waals surface area contributed by atoms with Gasteiger partial charge in [0.2, 0.25) is 0 Å². The van der Waals surface area contributed by atoms with Crippen molar-refractivity contribution in [2.45, 2.75) is 13.1 Å². The molecule has 3 aromatic carbocycles. The molecule has 3 aromatic rings. The van der Waals surface area contributed by atoms with Gasteiger partial charge in [0.15, 0.2) is 0 Å². The maximum Gasteiger partial charge on any atom is 0.101 e. The van der Waals surface area contributed by atoms with Crippen molar-refractivity contribution in [3.05, 3.63) is 101 Å². The number of hydrogen-bond acceptors (Lipinski definition) is 2. The van der Waals surface area contributed by atoms with Gasteiger partial charge in [-0.3, -0.25) is 0 Å². The van der Waals surface area contributed by atoms with E-state index in [2.05, 4.69) is 35.2 Å². The fourth-order valence-electron chi connectivity index (χ4n) is 2.64. The highest BCUT2D eigenvalue weighted by atomic mass is 35.5. The molecule has 24 heavy (non-hydrogen) atoms. The Balaban J connectivity index is 1.92. The molecule has 0 bridgehead atoms. The summed E-state index contributed by atoms with van der Waals surface area (Å²) in [6, 6.07) is 28.4. The van der Waals surface area contributed by atoms with E-state index in [9.17, 15) is 0 Å². The van der Waals surface area contributed by atoms with Crippen molar-refractivity contribution in [2.75, 3.05) is 4.90 Å². The molecule has 0 spiro atoms. The van der Waals surface area contributed by atoms with Crippen LogP contribution in [0.3, 0.4) is 0 Å². The summed E-state index contributed by atoms with van der Waals surface area (Å²) < 4.78 is 0. The van der Waals surface area contributed by atoms with E-state index in [4.69, 9.17) is 16.9 Å². The second-order valence-corrected chi connectivity index (χ2v) is 6.01. The van der Waals surface area contributed by atoms with E-state index in [1.807, 2.05) is 48.5 Å². The largest absolute Gasteiger partial charge is 0.363 e. The molecular formula is C21H17ClN2. The minimum absolute atomic E-state index is 0.487. The molecule has 3 heteroatoms. The summed E-state index contributed by atoms with van der Waals surface area (Å²) in [4.78, 5) is 2.26. The fourth-order valence-corrected chi connectivity index (χ4v) is 2.85. The topological polar surface area (TPSA) is 27.0 Å². The van der Waals surface area contributed by atoms with Crippen LogP contribution >= 0.6 is 11.6 Å². The van der Waals surface area contributed by atoms with Crippen molar-refractivity contribution in [3.63, 3.8) is 0 Å². The van der Waals surface area contributed by atoms with E-state index >= 15 is 0 Å². The van der Waals surface area contributed by atoms with Crippen LogP contribution in [-0.4, -0.2) is 0 Å². The van der Waals surface area contributed by atoms with Crippen LogP contribution in [-0.2, 0) is 13.1 Å². The van der Waals surface area contributed by atoms with Gasteiger partial charge in [-0.1, -0.05) is 72.3 Å². The number of hydrogen-bond donors (Lipinski definition) is 0. The van der Waals surface area contributed by atoms with Crippen molar-refractivity contribution < 1.29 is 0 Å². The summed E-state index contributed by atoms with van der Waals surface area (Å²) >= 11 is 6.23. The molecule has 2 nitrogen and oxygen atoms in total. The smallest absolute Gasteiger partial charge is 0.101 e. The predicted molar refractivity (Wildman–Crippen MR) is 98.9 cm³/mol. The van der Waals surface area contributed by atoms with E-state index in [1.54, 1.807) is 6.07 Å². The van der Waals surface area contributed by atoms with Crippen LogP contribution in [0, 0.1) is 11.3 Å². The molecule has 0 saturated carbocycles. The van der Waals surface area contributed by atoms with E-state index in [0.29, 0.717) is 10.6 Å². The summed E-state index contributed by atoms with van der Waals surface area (Å²) in [5.74, 6) is 0. The molecule has 0 radical (unpaired) electrons. The van der Waals surface area contributed by atoms with Gasteiger partial charge in [-0.2, -0.15) is 5.26 Å². The maximum absolute atomic E-state index is 9.07. The Morgan fingerprint density at radius 3 is 1.79 bits per heavy atom. The molecule has 0 unspecified atom stereocenters. The minimum Gasteiger partial charge on any atom is -0.363 e. The Hall–Kier alpha value is -2.76. The standard InChI is InChI=1S/C21H17ClN2/c22-21-13-20(12-11-19(21)14-23)24(15-17-7-3-1-4-8-17)16-18-9-5-2-6-10-18/h1-13H,15-16H2. The number of nitrogens with zero attached hydrogens (tertiary/aromatic N) is 2. The minimum atomic E-state index is 0.487. The molecule has 0 fully saturated rings. The first-order valence-electron chi connectivity index (χ1n) is 7.79. The molecule has 0 aromatic heterocycles. The van der Waals surface area contributed by atoms with Gasteiger partial charge in [0.25, 0.3) is 0 Å². The van der Waals surface area contributed by atoms with Crippen LogP contribution in [0.25, 0.3) is 0 Å². The molecule has 0 atom stereocenters. The molecule has 0 N–H and O–H groups in total. The zero-order valence-electron chi connectivity index (χ0n) is 13.2. The Bertz CT molecular complexity index is 797. The molecule has 3 rings (SSSR count). The molecule has 0 aliphatic rings. The van der Waals surface area contributed by atoms with Crippen molar-refractivity contribution >= 4 is 17.3 Å². The Morgan fingerprint density at radius 2 is 1.33 bits per heavy atom. The maximum atomic E-state index is 9.07. The lowest BCUT2D eigenvalue weighted by Crippen LogP contribution is -2.22. The average molecular weight is 333 g/mol. The van der Waals surface area contributed by atoms with Gasteiger partial charge in [-0.05, 0) is 29.3 Å². The van der Waals surface area contributed by atoms with Gasteiger partial charge in [-0.25, -0.2) is 0 Å². The van der Waals surface area contributed by atoms with Crippen molar-refractivity contribution in [3.8, 4) is 6.07 Å². The monoisotopic (exact) mass is 332 g/mol. The van der Waals surface area contributed by atoms with E-state index in [0.717, 1.165) is 18.8 Å². The zero-order valence-corrected chi connectivity index (χ0v) is 13.9. The second-order valence-electron chi connectivity index (χ2n) is 5.60. The number of halogens is 1. The van der Waals surface area contributed by atoms with Gasteiger partial charge in [0, 0.05) is 18.8 Å². The fraction of sp³-hybridized carbons (Fsp3) is 0.0952. The molecular weight excluding hydrogens is 316 g/mol. The van der Waals surface area contributed by atoms with Gasteiger partial charge < -0.3 is 4.90 Å². The van der Waals surface area contributed by atoms with Crippen LogP contribution in [0.4, 0.5) is 5.69 Å². The quantitative estimate of drug-likeness (QED) is 0.624. The summed E-state index contributed by atoms with van der Waals surface area (Å²) in [5, 5.41) is 9.56. The molecule has 0 heterocycles. The van der Waals surface area contributed by atoms with Crippen LogP contribution in [0.5, 0.6) is 0 Å². The van der Waals surface area contributed by atoms with Crippen LogP contribution in [0.2, 0.25) is 5.02 Å². The van der Waals surface area contributed by atoms with Gasteiger partial charge in [-0.15, -0.1) is 0 Å². The molecule has 0 aliphatic carbocycles. The zero-order chi connectivity index (χ0) is 16.8. The lowest BCUT2D eigenvalue weighted by molar-refractivity contribution is 0.800.